The molecule has 2 aromatic rings. The molecular weight excluding hydrogens is 554 g/mol. The van der Waals surface area contributed by atoms with E-state index in [1.807, 2.05) is 37.3 Å². The van der Waals surface area contributed by atoms with Gasteiger partial charge in [0.1, 0.15) is 0 Å². The normalized spacial score (nSPS) is 12.7. The summed E-state index contributed by atoms with van der Waals surface area (Å²) in [6, 6.07) is 10.5. The van der Waals surface area contributed by atoms with Crippen molar-refractivity contribution in [3.8, 4) is 0 Å². The number of sulfonamides is 1. The molecule has 0 bridgehead atoms. The van der Waals surface area contributed by atoms with Crippen molar-refractivity contribution in [1.29, 1.82) is 0 Å². The summed E-state index contributed by atoms with van der Waals surface area (Å²) in [6.45, 7) is 6.94. The van der Waals surface area contributed by atoms with E-state index in [1.165, 1.54) is 0 Å². The number of thiol groups is 1. The molecule has 1 unspecified atom stereocenters. The quantitative estimate of drug-likeness (QED) is 0.154. The average Bonchev–Trinajstić information content (AvgIpc) is 2.92. The molecule has 2 atom stereocenters. The molecule has 0 radical (unpaired) electrons. The molecule has 3 amide bonds. The lowest BCUT2D eigenvalue weighted by atomic mass is 9.97. The largest absolute Gasteiger partial charge is 0.379 e. The predicted octanol–water partition coefficient (Wildman–Crippen LogP) is 0.640. The summed E-state index contributed by atoms with van der Waals surface area (Å²) < 4.78 is 27.0. The van der Waals surface area contributed by atoms with Crippen LogP contribution in [0.2, 0.25) is 0 Å². The van der Waals surface area contributed by atoms with Crippen LogP contribution >= 0.6 is 12.6 Å². The molecule has 6 N–H and O–H groups in total. The molecule has 0 heterocycles. The van der Waals surface area contributed by atoms with Crippen molar-refractivity contribution >= 4 is 56.9 Å². The van der Waals surface area contributed by atoms with Gasteiger partial charge in [0.15, 0.2) is 5.78 Å². The average molecular weight is 592 g/mol. The van der Waals surface area contributed by atoms with E-state index in [0.29, 0.717) is 11.3 Å². The predicted molar refractivity (Wildman–Crippen MR) is 158 cm³/mol. The Morgan fingerprint density at radius 1 is 0.950 bits per heavy atom. The number of fused-ring (bicyclic) bond motifs is 1. The fourth-order valence-corrected chi connectivity index (χ4v) is 4.90. The molecule has 0 aromatic heterocycles. The topological polar surface area (TPSA) is 177 Å². The van der Waals surface area contributed by atoms with Crippen molar-refractivity contribution in [3.63, 3.8) is 0 Å². The molecule has 218 valence electrons. The first-order valence-electron chi connectivity index (χ1n) is 12.7. The Balaban J connectivity index is 1.73. The Hall–Kier alpha value is -3.42. The van der Waals surface area contributed by atoms with Gasteiger partial charge in [-0.15, -0.1) is 0 Å². The molecule has 11 nitrogen and oxygen atoms in total. The van der Waals surface area contributed by atoms with Gasteiger partial charge in [0.05, 0.1) is 43.1 Å². The number of benzene rings is 2. The van der Waals surface area contributed by atoms with E-state index in [1.54, 1.807) is 13.0 Å². The minimum absolute atomic E-state index is 0.0295. The minimum atomic E-state index is -3.94. The maximum Gasteiger partial charge on any atom is 0.240 e. The Morgan fingerprint density at radius 2 is 1.60 bits per heavy atom. The fourth-order valence-electron chi connectivity index (χ4n) is 3.66. The van der Waals surface area contributed by atoms with E-state index in [-0.39, 0.29) is 49.9 Å². The van der Waals surface area contributed by atoms with Crippen LogP contribution in [0.25, 0.3) is 10.8 Å². The summed E-state index contributed by atoms with van der Waals surface area (Å²) in [5.41, 5.74) is 8.07. The van der Waals surface area contributed by atoms with Crippen molar-refractivity contribution in [2.24, 2.45) is 5.73 Å². The van der Waals surface area contributed by atoms with Crippen LogP contribution in [0.4, 0.5) is 0 Å². The molecule has 0 aliphatic rings. The molecule has 0 spiro atoms. The van der Waals surface area contributed by atoms with E-state index in [2.05, 4.69) is 39.9 Å². The smallest absolute Gasteiger partial charge is 0.240 e. The van der Waals surface area contributed by atoms with Gasteiger partial charge >= 0.3 is 0 Å². The number of nitrogens with two attached hydrogens (primary N) is 1. The van der Waals surface area contributed by atoms with Crippen molar-refractivity contribution in [3.05, 3.63) is 59.8 Å². The van der Waals surface area contributed by atoms with Gasteiger partial charge in [0.25, 0.3) is 0 Å². The maximum atomic E-state index is 12.6. The Morgan fingerprint density at radius 3 is 2.30 bits per heavy atom. The molecule has 13 heteroatoms. The summed E-state index contributed by atoms with van der Waals surface area (Å²) in [6.07, 6.45) is 0.107. The van der Waals surface area contributed by atoms with Crippen LogP contribution in [0.15, 0.2) is 48.7 Å². The zero-order valence-corrected chi connectivity index (χ0v) is 24.4. The van der Waals surface area contributed by atoms with Crippen LogP contribution in [0.5, 0.6) is 0 Å². The lowest BCUT2D eigenvalue weighted by molar-refractivity contribution is -0.125. The van der Waals surface area contributed by atoms with Gasteiger partial charge in [-0.25, -0.2) is 8.42 Å². The van der Waals surface area contributed by atoms with Crippen LogP contribution < -0.4 is 26.4 Å². The van der Waals surface area contributed by atoms with E-state index < -0.39 is 39.6 Å². The summed E-state index contributed by atoms with van der Waals surface area (Å²) in [4.78, 5) is 48.0. The third kappa shape index (κ3) is 11.0. The second kappa shape index (κ2) is 15.4. The summed E-state index contributed by atoms with van der Waals surface area (Å²) in [5, 5.41) is 9.66. The van der Waals surface area contributed by atoms with Gasteiger partial charge in [0.2, 0.25) is 27.7 Å². The van der Waals surface area contributed by atoms with Gasteiger partial charge in [-0.3, -0.25) is 23.9 Å². The van der Waals surface area contributed by atoms with Crippen molar-refractivity contribution < 1.29 is 27.6 Å². The summed E-state index contributed by atoms with van der Waals surface area (Å²) in [5.74, 6) is -2.91. The second-order valence-corrected chi connectivity index (χ2v) is 11.7. The van der Waals surface area contributed by atoms with Crippen molar-refractivity contribution in [2.75, 3.05) is 31.1 Å². The van der Waals surface area contributed by atoms with Crippen LogP contribution in [0, 0.1) is 6.92 Å². The lowest BCUT2D eigenvalue weighted by Crippen LogP contribution is -2.43. The number of carbonyl (C=O) groups is 4. The number of nitrogens with one attached hydrogen (secondary N) is 4. The van der Waals surface area contributed by atoms with Crippen molar-refractivity contribution in [2.45, 2.75) is 38.6 Å². The number of aryl methyl sites for hydroxylation is 1. The first-order chi connectivity index (χ1) is 18.8. The Kier molecular flexibility index (Phi) is 12.6. The molecule has 2 aromatic carbocycles. The third-order valence-electron chi connectivity index (χ3n) is 6.11. The summed E-state index contributed by atoms with van der Waals surface area (Å²) in [7, 11) is -3.94. The first kappa shape index (κ1) is 32.8. The first-order valence-corrected chi connectivity index (χ1v) is 15.0. The van der Waals surface area contributed by atoms with Gasteiger partial charge < -0.3 is 21.7 Å². The number of carbonyl (C=O) groups excluding carboxylic acids is 4. The highest BCUT2D eigenvalue weighted by Gasteiger charge is 2.22. The Labute approximate surface area is 240 Å². The number of hydrogen-bond acceptors (Lipinski definition) is 9. The zero-order valence-electron chi connectivity index (χ0n) is 22.7. The van der Waals surface area contributed by atoms with Crippen LogP contribution in [-0.4, -0.2) is 69.1 Å². The number of rotatable bonds is 16. The molecule has 0 fully saturated rings. The SMILES string of the molecule is C=C(CNC(=O)CS)NCC(=O)NCC(=O)C(N)CCCS(=O)(=O)NC(=O)[C@@H](C)c1ccc2cc(C)ccc2c1. The Bertz CT molecular complexity index is 1360. The maximum absolute atomic E-state index is 12.6. The minimum Gasteiger partial charge on any atom is -0.379 e. The van der Waals surface area contributed by atoms with E-state index in [0.717, 1.165) is 16.3 Å². The highest BCUT2D eigenvalue weighted by Crippen LogP contribution is 2.23. The van der Waals surface area contributed by atoms with Crippen LogP contribution in [0.3, 0.4) is 0 Å². The molecule has 0 aliphatic carbocycles. The molecular formula is C27H37N5O6S2. The second-order valence-electron chi connectivity index (χ2n) is 9.50. The van der Waals surface area contributed by atoms with Gasteiger partial charge in [0, 0.05) is 5.70 Å². The standard InChI is InChI=1S/C27H37N5O6S2/c1-17-6-7-22-12-20(8-9-21(22)11-17)19(3)27(36)32-40(37,38)10-4-5-23(28)24(33)14-31-25(34)15-29-18(2)13-30-26(35)16-39/h6-9,11-12,19,23,29,39H,2,4-5,10,13-16,28H2,1,3H3,(H,30,35)(H,31,34)(H,32,36)/t19-,23?/m0/s1. The molecule has 40 heavy (non-hydrogen) atoms. The highest BCUT2D eigenvalue weighted by molar-refractivity contribution is 7.90. The van der Waals surface area contributed by atoms with Gasteiger partial charge in [-0.2, -0.15) is 12.6 Å². The number of ketones is 1. The highest BCUT2D eigenvalue weighted by atomic mass is 32.2. The number of Topliss-reactive ketones (excluding diaryl/α,β-unsaturated/α-hetero) is 1. The monoisotopic (exact) mass is 591 g/mol. The fraction of sp³-hybridized carbons (Fsp3) is 0.407. The molecule has 2 rings (SSSR count). The van der Waals surface area contributed by atoms with Crippen LogP contribution in [-0.2, 0) is 29.2 Å². The van der Waals surface area contributed by atoms with E-state index in [4.69, 9.17) is 5.73 Å². The van der Waals surface area contributed by atoms with E-state index in [9.17, 15) is 27.6 Å². The van der Waals surface area contributed by atoms with Crippen LogP contribution in [0.1, 0.15) is 36.8 Å². The molecule has 0 aliphatic heterocycles. The van der Waals surface area contributed by atoms with Gasteiger partial charge in [-0.1, -0.05) is 48.5 Å². The van der Waals surface area contributed by atoms with Crippen molar-refractivity contribution in [1.82, 2.24) is 20.7 Å². The van der Waals surface area contributed by atoms with Gasteiger partial charge in [-0.05, 0) is 43.0 Å². The van der Waals surface area contributed by atoms with E-state index >= 15 is 0 Å². The molecule has 0 saturated heterocycles. The molecule has 0 saturated carbocycles. The number of amides is 3. The number of hydrogen-bond donors (Lipinski definition) is 6. The lowest BCUT2D eigenvalue weighted by Gasteiger charge is -2.15. The summed E-state index contributed by atoms with van der Waals surface area (Å²) >= 11 is 3.83. The third-order valence-corrected chi connectivity index (χ3v) is 7.74. The zero-order chi connectivity index (χ0) is 29.9.